The van der Waals surface area contributed by atoms with E-state index in [1.807, 2.05) is 0 Å². The van der Waals surface area contributed by atoms with Gasteiger partial charge in [0.2, 0.25) is 17.2 Å². The number of fused-ring (bicyclic) bond motifs is 2. The minimum absolute atomic E-state index is 0. The molecule has 3 N–H and O–H groups in total. The third-order valence-corrected chi connectivity index (χ3v) is 14.1. The summed E-state index contributed by atoms with van der Waals surface area (Å²) >= 11 is 6.07. The van der Waals surface area contributed by atoms with Crippen molar-refractivity contribution in [3.8, 4) is 5.75 Å². The van der Waals surface area contributed by atoms with Crippen LogP contribution in [-0.4, -0.2) is 101 Å². The second-order valence-corrected chi connectivity index (χ2v) is 21.4. The number of anilines is 4. The fourth-order valence-electron chi connectivity index (χ4n) is 5.77. The summed E-state index contributed by atoms with van der Waals surface area (Å²) in [5, 5.41) is 22.8. The van der Waals surface area contributed by atoms with E-state index in [1.165, 1.54) is 12.1 Å². The molecule has 6 rings (SSSR count). The molecular weight excluding hydrogens is 1120 g/mol. The van der Waals surface area contributed by atoms with E-state index in [-0.39, 0.29) is 158 Å². The number of hydrogen-bond acceptors (Lipinski definition) is 25. The third-order valence-electron chi connectivity index (χ3n) is 8.28. The molecule has 26 nitrogen and oxygen atoms in total. The van der Waals surface area contributed by atoms with Gasteiger partial charge >= 0.3 is 158 Å². The van der Waals surface area contributed by atoms with Crippen LogP contribution in [0.25, 0.3) is 21.5 Å². The summed E-state index contributed by atoms with van der Waals surface area (Å²) in [6, 6.07) is 10.3. The molecule has 0 radical (unpaired) electrons. The van der Waals surface area contributed by atoms with Crippen LogP contribution in [0.4, 0.5) is 34.6 Å². The maximum absolute atomic E-state index is 14.1. The number of nitrogens with one attached hydrogen (secondary N) is 2. The Balaban J connectivity index is 0.00000476. The Morgan fingerprint density at radius 1 is 0.623 bits per heavy atom. The third kappa shape index (κ3) is 16.7. The van der Waals surface area contributed by atoms with E-state index in [0.717, 1.165) is 36.4 Å². The van der Waals surface area contributed by atoms with Crippen LogP contribution in [0.3, 0.4) is 0 Å². The Kier molecular flexibility index (Phi) is 24.3. The van der Waals surface area contributed by atoms with Crippen molar-refractivity contribution in [3.05, 3.63) is 78.1 Å². The van der Waals surface area contributed by atoms with Gasteiger partial charge in [-0.1, -0.05) is 30.0 Å². The Bertz CT molecular complexity index is 3700. The first-order chi connectivity index (χ1) is 29.4. The van der Waals surface area contributed by atoms with Gasteiger partial charge in [-0.15, -0.1) is 10.2 Å². The van der Waals surface area contributed by atoms with Crippen molar-refractivity contribution in [2.75, 3.05) is 23.0 Å². The monoisotopic (exact) mass is 1130 g/mol. The average Bonchev–Trinajstić information content (AvgIpc) is 3.14. The molecule has 0 spiro atoms. The number of halogens is 1. The molecular formula is C31H19ClN7Na5O19S6. The topological polar surface area (TPSA) is 437 Å². The maximum Gasteiger partial charge on any atom is 1.00 e. The van der Waals surface area contributed by atoms with Crippen molar-refractivity contribution in [3.63, 3.8) is 0 Å². The first-order valence-electron chi connectivity index (χ1n) is 16.5. The van der Waals surface area contributed by atoms with Crippen LogP contribution >= 0.6 is 11.6 Å². The quantitative estimate of drug-likeness (QED) is 0.0488. The average molecular weight is 1140 g/mol. The summed E-state index contributed by atoms with van der Waals surface area (Å²) in [6.07, 6.45) is 0. The predicted octanol–water partition coefficient (Wildman–Crippen LogP) is -13.0. The number of hydrogen-bond donors (Lipinski definition) is 3. The van der Waals surface area contributed by atoms with Crippen molar-refractivity contribution in [1.29, 1.82) is 0 Å². The summed E-state index contributed by atoms with van der Waals surface area (Å²) in [6.45, 7) is -0.942. The molecule has 0 saturated carbocycles. The summed E-state index contributed by atoms with van der Waals surface area (Å²) in [5.41, 5.74) is -3.08. The van der Waals surface area contributed by atoms with Crippen LogP contribution in [0.1, 0.15) is 0 Å². The molecule has 5 aromatic carbocycles. The van der Waals surface area contributed by atoms with Crippen molar-refractivity contribution >= 4 is 129 Å². The minimum Gasteiger partial charge on any atom is -0.870 e. The largest absolute Gasteiger partial charge is 1.00 e. The molecule has 38 heteroatoms. The molecule has 0 saturated heterocycles. The molecule has 69 heavy (non-hydrogen) atoms. The van der Waals surface area contributed by atoms with E-state index in [9.17, 15) is 73.8 Å². The molecule has 6 aromatic rings. The number of sulfone groups is 1. The van der Waals surface area contributed by atoms with Crippen molar-refractivity contribution < 1.29 is 230 Å². The van der Waals surface area contributed by atoms with Gasteiger partial charge in [-0.25, -0.2) is 46.3 Å². The Labute approximate surface area is 507 Å². The summed E-state index contributed by atoms with van der Waals surface area (Å²) in [5.74, 6) is -3.59. The van der Waals surface area contributed by atoms with Gasteiger partial charge in [0, 0.05) is 22.1 Å². The van der Waals surface area contributed by atoms with Gasteiger partial charge in [0.15, 0.2) is 9.84 Å². The summed E-state index contributed by atoms with van der Waals surface area (Å²) < 4.78 is 207. The molecule has 1 aromatic heterocycles. The fourth-order valence-corrected chi connectivity index (χ4v) is 10.1. The molecule has 0 fully saturated rings. The Morgan fingerprint density at radius 3 is 1.78 bits per heavy atom. The zero-order valence-corrected chi connectivity index (χ0v) is 51.4. The van der Waals surface area contributed by atoms with E-state index in [0.29, 0.717) is 24.3 Å². The SMILES string of the molecule is O=S(=O)(O)OCCS(=O)(=O)c1cccc(Nc2nc(Cl)nc(Nc3cc(S(=O)(=O)[O-])cc4cc(S(=O)(=O)[O-])c(N=Nc5ccc6c(S(=O)(=O)[O-])cccc6c5S(=O)(=O)[O-])c([O-])c34)n2)c1.[Na+].[Na+].[Na+].[Na+].[Na+]. The Morgan fingerprint density at radius 2 is 1.22 bits per heavy atom. The van der Waals surface area contributed by atoms with Gasteiger partial charge in [-0.05, 0) is 70.9 Å². The number of azo groups is 1. The Hall–Kier alpha value is -0.620. The van der Waals surface area contributed by atoms with E-state index in [4.69, 9.17) is 16.2 Å². The molecule has 340 valence electrons. The minimum atomic E-state index is -5.80. The van der Waals surface area contributed by atoms with Gasteiger partial charge in [0.25, 0.3) is 0 Å². The van der Waals surface area contributed by atoms with Gasteiger partial charge in [0.1, 0.15) is 46.2 Å². The molecule has 0 aliphatic carbocycles. The van der Waals surface area contributed by atoms with Crippen LogP contribution < -0.4 is 164 Å². The first-order valence-corrected chi connectivity index (χ1v) is 25.5. The second-order valence-electron chi connectivity index (χ2n) is 12.5. The maximum atomic E-state index is 14.1. The molecule has 1 heterocycles. The predicted molar refractivity (Wildman–Crippen MR) is 211 cm³/mol. The van der Waals surface area contributed by atoms with Crippen molar-refractivity contribution in [1.82, 2.24) is 15.0 Å². The number of aromatic nitrogens is 3. The molecule has 0 atom stereocenters. The molecule has 0 amide bonds. The molecule has 0 aliphatic heterocycles. The van der Waals surface area contributed by atoms with Crippen LogP contribution in [0.5, 0.6) is 5.75 Å². The zero-order chi connectivity index (χ0) is 47.4. The molecule has 0 bridgehead atoms. The summed E-state index contributed by atoms with van der Waals surface area (Å²) in [4.78, 5) is 6.38. The number of rotatable bonds is 15. The van der Waals surface area contributed by atoms with E-state index in [2.05, 4.69) is 40.0 Å². The van der Waals surface area contributed by atoms with Gasteiger partial charge in [-0.3, -0.25) is 4.55 Å². The number of nitrogens with zero attached hydrogens (tertiary/aromatic N) is 5. The van der Waals surface area contributed by atoms with Crippen LogP contribution in [0.15, 0.2) is 108 Å². The standard InChI is InChI=1S/C31H24ClN7O19S6.5Na/c32-29-35-30(33-16-3-1-4-17(13-16)59(41,42)10-9-58-64(55,56)57)37-31(36-29)34-22-14-18(60(43,44)45)11-15-12-24(62(49,50)51)26(27(40)25(15)22)39-38-21-8-7-19-20(28(21)63(52,53)54)5-2-6-23(19)61(46,47)48;;;;;/h1-8,11-14,40H,9-10H2,(H,43,44,45)(H,46,47,48)(H,49,50,51)(H,52,53,54)(H,55,56,57)(H2,33,34,35,36,37);;;;;/q;5*+1/p-5. The normalized spacial score (nSPS) is 12.2. The van der Waals surface area contributed by atoms with Gasteiger partial charge in [-0.2, -0.15) is 23.4 Å². The van der Waals surface area contributed by atoms with Crippen LogP contribution in [-0.2, 0) is 64.9 Å². The van der Waals surface area contributed by atoms with E-state index >= 15 is 0 Å². The fraction of sp³-hybridized carbons (Fsp3) is 0.0645. The smallest absolute Gasteiger partial charge is 0.870 e. The summed E-state index contributed by atoms with van der Waals surface area (Å²) in [7, 11) is -31.4. The van der Waals surface area contributed by atoms with Crippen molar-refractivity contribution in [2.24, 2.45) is 10.2 Å². The molecule has 0 unspecified atom stereocenters. The van der Waals surface area contributed by atoms with Crippen LogP contribution in [0, 0.1) is 0 Å². The zero-order valence-electron chi connectivity index (χ0n) is 35.7. The van der Waals surface area contributed by atoms with Gasteiger partial charge in [0.05, 0.1) is 42.5 Å². The second kappa shape index (κ2) is 25.3. The first kappa shape index (κ1) is 66.4. The van der Waals surface area contributed by atoms with E-state index < -0.39 is 154 Å². The molecule has 0 aliphatic rings. The van der Waals surface area contributed by atoms with Crippen molar-refractivity contribution in [2.45, 2.75) is 24.5 Å². The van der Waals surface area contributed by atoms with E-state index in [1.54, 1.807) is 0 Å². The van der Waals surface area contributed by atoms with Crippen LogP contribution in [0.2, 0.25) is 5.28 Å². The number of benzene rings is 5. The van der Waals surface area contributed by atoms with Gasteiger partial charge < -0.3 is 34.0 Å².